The summed E-state index contributed by atoms with van der Waals surface area (Å²) in [5.41, 5.74) is 1.89. The molecule has 0 aliphatic carbocycles. The number of nitrogens with zero attached hydrogens (tertiary/aromatic N) is 1. The summed E-state index contributed by atoms with van der Waals surface area (Å²) in [6, 6.07) is 14.6. The number of methoxy groups -OCH3 is 2. The molecule has 46 heavy (non-hydrogen) atoms. The minimum atomic E-state index is -0.580. The van der Waals surface area contributed by atoms with Gasteiger partial charge >= 0.3 is 12.1 Å². The molecule has 1 radical (unpaired) electrons. The summed E-state index contributed by atoms with van der Waals surface area (Å²) in [7, 11) is 3.15. The molecule has 0 aliphatic heterocycles. The van der Waals surface area contributed by atoms with Crippen LogP contribution in [0, 0.1) is 6.07 Å². The third-order valence-electron chi connectivity index (χ3n) is 6.09. The molecule has 2 rings (SSSR count). The smallest absolute Gasteiger partial charge is 0.407 e. The van der Waals surface area contributed by atoms with E-state index in [0.29, 0.717) is 38.5 Å². The number of nitrogens with one attached hydrogen (secondary N) is 2. The van der Waals surface area contributed by atoms with Gasteiger partial charge in [-0.15, -0.1) is 11.6 Å². The third kappa shape index (κ3) is 18.2. The van der Waals surface area contributed by atoms with Crippen LogP contribution in [0.4, 0.5) is 4.79 Å². The minimum Gasteiger partial charge on any atom is -0.493 e. The Labute approximate surface area is 300 Å². The first-order valence-corrected chi connectivity index (χ1v) is 15.3. The number of amides is 1. The van der Waals surface area contributed by atoms with E-state index in [1.807, 2.05) is 70.7 Å². The van der Waals surface area contributed by atoms with E-state index in [1.165, 1.54) is 0 Å². The number of alkyl carbamates (subject to hydrolysis) is 1. The molecule has 0 spiro atoms. The maximum atomic E-state index is 12.8. The molecular formula is C34H52N3O8Y-. The molecule has 12 heteroatoms. The molecule has 0 fully saturated rings. The predicted octanol–water partition coefficient (Wildman–Crippen LogP) is 4.84. The summed E-state index contributed by atoms with van der Waals surface area (Å²) in [4.78, 5) is 26.7. The fraction of sp³-hybridized carbons (Fsp3) is 0.588. The molecule has 0 saturated carbocycles. The summed E-state index contributed by atoms with van der Waals surface area (Å²) >= 11 is 0. The second-order valence-corrected chi connectivity index (χ2v) is 12.6. The molecule has 0 unspecified atom stereocenters. The van der Waals surface area contributed by atoms with Crippen LogP contribution in [0.3, 0.4) is 0 Å². The number of rotatable bonds is 19. The molecule has 2 N–H and O–H groups in total. The van der Waals surface area contributed by atoms with Gasteiger partial charge in [-0.05, 0) is 72.6 Å². The van der Waals surface area contributed by atoms with Crippen molar-refractivity contribution in [2.24, 2.45) is 0 Å². The Bertz CT molecular complexity index is 1180. The number of aryl methyl sites for hydroxylation is 1. The van der Waals surface area contributed by atoms with Crippen molar-refractivity contribution >= 4 is 12.1 Å². The molecule has 11 nitrogen and oxygen atoms in total. The SMILES string of the molecule is COCOc1ccc(CCCNC(=O)OC(C)(C)C)cc1CNCCN(CC(=O)OC(C)(C)C)Cc1c[c-]ccc1OCOC.[Y]. The number of esters is 1. The van der Waals surface area contributed by atoms with Crippen molar-refractivity contribution in [1.29, 1.82) is 0 Å². The van der Waals surface area contributed by atoms with Gasteiger partial charge in [0.25, 0.3) is 0 Å². The van der Waals surface area contributed by atoms with E-state index < -0.39 is 17.3 Å². The van der Waals surface area contributed by atoms with Gasteiger partial charge in [-0.3, -0.25) is 9.69 Å². The average molecular weight is 720 g/mol. The quantitative estimate of drug-likeness (QED) is 0.0905. The van der Waals surface area contributed by atoms with Gasteiger partial charge in [0.15, 0.2) is 13.6 Å². The van der Waals surface area contributed by atoms with Crippen LogP contribution < -0.4 is 20.1 Å². The zero-order valence-electron chi connectivity index (χ0n) is 28.8. The number of hydrogen-bond acceptors (Lipinski definition) is 10. The maximum Gasteiger partial charge on any atom is 0.407 e. The Hall–Kier alpha value is -2.28. The van der Waals surface area contributed by atoms with Crippen molar-refractivity contribution in [3.05, 3.63) is 59.2 Å². The van der Waals surface area contributed by atoms with Gasteiger partial charge in [-0.25, -0.2) is 4.79 Å². The van der Waals surface area contributed by atoms with Crippen LogP contribution in [0.2, 0.25) is 0 Å². The summed E-state index contributed by atoms with van der Waals surface area (Å²) in [5, 5.41) is 6.29. The van der Waals surface area contributed by atoms with E-state index in [0.717, 1.165) is 35.3 Å². The number of ether oxygens (including phenoxy) is 6. The van der Waals surface area contributed by atoms with Gasteiger partial charge in [-0.2, -0.15) is 18.2 Å². The summed E-state index contributed by atoms with van der Waals surface area (Å²) in [6.07, 6.45) is 1.12. The summed E-state index contributed by atoms with van der Waals surface area (Å²) in [5.74, 6) is 1.10. The Morgan fingerprint density at radius 3 is 2.15 bits per heavy atom. The molecule has 0 bridgehead atoms. The second-order valence-electron chi connectivity index (χ2n) is 12.6. The largest absolute Gasteiger partial charge is 0.493 e. The first-order chi connectivity index (χ1) is 21.3. The average Bonchev–Trinajstić information content (AvgIpc) is 2.94. The Kier molecular flexibility index (Phi) is 19.6. The van der Waals surface area contributed by atoms with E-state index in [1.54, 1.807) is 20.3 Å². The number of carbonyl (C=O) groups excluding carboxylic acids is 2. The van der Waals surface area contributed by atoms with Gasteiger partial charge in [-0.1, -0.05) is 12.1 Å². The zero-order valence-corrected chi connectivity index (χ0v) is 31.7. The minimum absolute atomic E-state index is 0. The van der Waals surface area contributed by atoms with Crippen LogP contribution in [-0.4, -0.2) is 82.1 Å². The topological polar surface area (TPSA) is 117 Å². The number of hydrogen-bond donors (Lipinski definition) is 2. The molecule has 2 aromatic rings. The molecule has 0 aliphatic rings. The standard InChI is InChI=1S/C34H52N3O8.Y/c1-33(2,3)44-31(38)23-37(22-27-13-9-10-14-29(27)42-24-40-7)19-18-35-21-28-20-26(15-16-30(28)43-25-41-8)12-11-17-36-32(39)45-34(4,5)6;/h10,13-16,20,35H,11-12,17-19,21-25H2,1-8H3,(H,36,39);/q-1;. The molecule has 0 aromatic heterocycles. The fourth-order valence-corrected chi connectivity index (χ4v) is 4.30. The Morgan fingerprint density at radius 2 is 1.52 bits per heavy atom. The Morgan fingerprint density at radius 1 is 0.870 bits per heavy atom. The van der Waals surface area contributed by atoms with Crippen LogP contribution in [0.15, 0.2) is 36.4 Å². The van der Waals surface area contributed by atoms with Crippen LogP contribution in [0.25, 0.3) is 0 Å². The zero-order chi connectivity index (χ0) is 33.3. The summed E-state index contributed by atoms with van der Waals surface area (Å²) in [6.45, 7) is 14.1. The normalized spacial score (nSPS) is 11.5. The van der Waals surface area contributed by atoms with Crippen LogP contribution in [-0.2, 0) is 76.0 Å². The molecule has 0 atom stereocenters. The first kappa shape index (κ1) is 41.7. The van der Waals surface area contributed by atoms with Gasteiger partial charge in [0.05, 0.1) is 6.54 Å². The van der Waals surface area contributed by atoms with Crippen molar-refractivity contribution in [2.45, 2.75) is 78.7 Å². The van der Waals surface area contributed by atoms with E-state index in [-0.39, 0.29) is 58.8 Å². The van der Waals surface area contributed by atoms with E-state index in [4.69, 9.17) is 28.4 Å². The van der Waals surface area contributed by atoms with E-state index in [2.05, 4.69) is 22.8 Å². The van der Waals surface area contributed by atoms with Gasteiger partial charge in [0.1, 0.15) is 17.0 Å². The van der Waals surface area contributed by atoms with Crippen LogP contribution in [0.1, 0.15) is 64.7 Å². The van der Waals surface area contributed by atoms with Gasteiger partial charge in [0, 0.05) is 84.4 Å². The van der Waals surface area contributed by atoms with Crippen molar-refractivity contribution in [3.8, 4) is 11.5 Å². The van der Waals surface area contributed by atoms with Crippen LogP contribution in [0.5, 0.6) is 11.5 Å². The van der Waals surface area contributed by atoms with Crippen LogP contribution >= 0.6 is 0 Å². The van der Waals surface area contributed by atoms with Gasteiger partial charge in [0.2, 0.25) is 0 Å². The Balaban J connectivity index is 0.0000106. The number of carbonyl (C=O) groups is 2. The van der Waals surface area contributed by atoms with Crippen molar-refractivity contribution < 1.29 is 70.7 Å². The van der Waals surface area contributed by atoms with E-state index >= 15 is 0 Å². The fourth-order valence-electron chi connectivity index (χ4n) is 4.30. The molecule has 2 aromatic carbocycles. The van der Waals surface area contributed by atoms with Crippen molar-refractivity contribution in [2.75, 3.05) is 54.0 Å². The summed E-state index contributed by atoms with van der Waals surface area (Å²) < 4.78 is 32.6. The molecule has 255 valence electrons. The molecule has 0 heterocycles. The second kappa shape index (κ2) is 21.6. The third-order valence-corrected chi connectivity index (χ3v) is 6.09. The van der Waals surface area contributed by atoms with Gasteiger partial charge < -0.3 is 39.1 Å². The molecule has 1 amide bonds. The predicted molar refractivity (Wildman–Crippen MR) is 172 cm³/mol. The molecule has 0 saturated heterocycles. The number of benzene rings is 2. The van der Waals surface area contributed by atoms with E-state index in [9.17, 15) is 9.59 Å². The first-order valence-electron chi connectivity index (χ1n) is 15.3. The monoisotopic (exact) mass is 719 g/mol. The maximum absolute atomic E-state index is 12.8. The van der Waals surface area contributed by atoms with Crippen molar-refractivity contribution in [1.82, 2.24) is 15.5 Å². The van der Waals surface area contributed by atoms with Crippen molar-refractivity contribution in [3.63, 3.8) is 0 Å². The molecular weight excluding hydrogens is 667 g/mol.